The molecular formula is C16H18N2O. The van der Waals surface area contributed by atoms with Gasteiger partial charge in [0.25, 0.3) is 0 Å². The Morgan fingerprint density at radius 2 is 1.58 bits per heavy atom. The molecule has 1 atom stereocenters. The van der Waals surface area contributed by atoms with Crippen LogP contribution in [-0.4, -0.2) is 5.91 Å². The first kappa shape index (κ1) is 13.3. The number of hydrogen-bond donors (Lipinski definition) is 2. The van der Waals surface area contributed by atoms with Crippen molar-refractivity contribution in [1.82, 2.24) is 5.32 Å². The fraction of sp³-hybridized carbons (Fsp3) is 0.188. The molecule has 2 aromatic rings. The van der Waals surface area contributed by atoms with E-state index in [1.807, 2.05) is 60.7 Å². The minimum Gasteiger partial charge on any atom is -0.350 e. The van der Waals surface area contributed by atoms with Crippen LogP contribution in [0.3, 0.4) is 0 Å². The van der Waals surface area contributed by atoms with Gasteiger partial charge in [0, 0.05) is 6.54 Å². The molecule has 3 heteroatoms. The fourth-order valence-electron chi connectivity index (χ4n) is 1.88. The van der Waals surface area contributed by atoms with Gasteiger partial charge in [0.2, 0.25) is 5.91 Å². The number of nitrogens with one attached hydrogen (secondary N) is 1. The predicted octanol–water partition coefficient (Wildman–Crippen LogP) is 2.18. The Balaban J connectivity index is 2.03. The molecule has 0 spiro atoms. The predicted molar refractivity (Wildman–Crippen MR) is 76.3 cm³/mol. The van der Waals surface area contributed by atoms with Gasteiger partial charge in [0.05, 0.1) is 0 Å². The molecule has 0 aliphatic heterocycles. The number of hydrogen-bond acceptors (Lipinski definition) is 2. The Morgan fingerprint density at radius 1 is 1.05 bits per heavy atom. The summed E-state index contributed by atoms with van der Waals surface area (Å²) in [7, 11) is 0. The van der Waals surface area contributed by atoms with Crippen molar-refractivity contribution in [2.24, 2.45) is 5.73 Å². The Hall–Kier alpha value is -2.13. The Bertz CT molecular complexity index is 535. The molecule has 3 nitrogen and oxygen atoms in total. The van der Waals surface area contributed by atoms with E-state index in [9.17, 15) is 4.79 Å². The van der Waals surface area contributed by atoms with Crippen LogP contribution in [-0.2, 0) is 16.9 Å². The van der Waals surface area contributed by atoms with Crippen molar-refractivity contribution in [3.8, 4) is 0 Å². The summed E-state index contributed by atoms with van der Waals surface area (Å²) < 4.78 is 0. The molecule has 0 saturated carbocycles. The molecule has 19 heavy (non-hydrogen) atoms. The number of amides is 1. The van der Waals surface area contributed by atoms with Gasteiger partial charge in [-0.05, 0) is 18.1 Å². The Labute approximate surface area is 113 Å². The van der Waals surface area contributed by atoms with Crippen LogP contribution in [0.5, 0.6) is 0 Å². The normalized spacial score (nSPS) is 13.6. The molecule has 2 aromatic carbocycles. The lowest BCUT2D eigenvalue weighted by Crippen LogP contribution is -2.48. The largest absolute Gasteiger partial charge is 0.350 e. The summed E-state index contributed by atoms with van der Waals surface area (Å²) in [4.78, 5) is 12.2. The van der Waals surface area contributed by atoms with E-state index in [0.717, 1.165) is 11.1 Å². The molecule has 98 valence electrons. The smallest absolute Gasteiger partial charge is 0.244 e. The van der Waals surface area contributed by atoms with Gasteiger partial charge in [0.1, 0.15) is 5.54 Å². The van der Waals surface area contributed by atoms with E-state index in [2.05, 4.69) is 5.32 Å². The van der Waals surface area contributed by atoms with Crippen molar-refractivity contribution in [2.75, 3.05) is 0 Å². The molecular weight excluding hydrogens is 236 g/mol. The van der Waals surface area contributed by atoms with Gasteiger partial charge >= 0.3 is 0 Å². The summed E-state index contributed by atoms with van der Waals surface area (Å²) >= 11 is 0. The first-order valence-electron chi connectivity index (χ1n) is 6.27. The summed E-state index contributed by atoms with van der Waals surface area (Å²) in [5.41, 5.74) is 6.98. The quantitative estimate of drug-likeness (QED) is 0.878. The van der Waals surface area contributed by atoms with Gasteiger partial charge in [-0.15, -0.1) is 0 Å². The van der Waals surface area contributed by atoms with Gasteiger partial charge in [0.15, 0.2) is 0 Å². The first-order valence-corrected chi connectivity index (χ1v) is 6.27. The van der Waals surface area contributed by atoms with Crippen molar-refractivity contribution >= 4 is 5.91 Å². The second kappa shape index (κ2) is 5.67. The minimum absolute atomic E-state index is 0.178. The lowest BCUT2D eigenvalue weighted by molar-refractivity contribution is -0.126. The van der Waals surface area contributed by atoms with E-state index in [-0.39, 0.29) is 5.91 Å². The number of nitrogens with two attached hydrogens (primary N) is 1. The zero-order valence-electron chi connectivity index (χ0n) is 11.0. The molecule has 0 bridgehead atoms. The molecule has 1 amide bonds. The van der Waals surface area contributed by atoms with Crippen LogP contribution >= 0.6 is 0 Å². The van der Waals surface area contributed by atoms with E-state index in [4.69, 9.17) is 5.73 Å². The zero-order chi connectivity index (χ0) is 13.7. The van der Waals surface area contributed by atoms with Crippen molar-refractivity contribution in [3.05, 3.63) is 71.8 Å². The molecule has 1 unspecified atom stereocenters. The molecule has 0 aliphatic carbocycles. The van der Waals surface area contributed by atoms with Crippen LogP contribution in [0.25, 0.3) is 0 Å². The average molecular weight is 254 g/mol. The second-order valence-corrected chi connectivity index (χ2v) is 4.74. The van der Waals surface area contributed by atoms with Crippen molar-refractivity contribution in [1.29, 1.82) is 0 Å². The Kier molecular flexibility index (Phi) is 3.97. The first-order chi connectivity index (χ1) is 9.10. The van der Waals surface area contributed by atoms with Crippen LogP contribution < -0.4 is 11.1 Å². The fourth-order valence-corrected chi connectivity index (χ4v) is 1.88. The molecule has 3 N–H and O–H groups in total. The van der Waals surface area contributed by atoms with Gasteiger partial charge in [-0.1, -0.05) is 60.7 Å². The highest BCUT2D eigenvalue weighted by Crippen LogP contribution is 2.17. The van der Waals surface area contributed by atoms with Crippen molar-refractivity contribution in [3.63, 3.8) is 0 Å². The molecule has 0 aromatic heterocycles. The van der Waals surface area contributed by atoms with Gasteiger partial charge in [-0.2, -0.15) is 0 Å². The molecule has 0 fully saturated rings. The lowest BCUT2D eigenvalue weighted by Gasteiger charge is -2.24. The molecule has 0 radical (unpaired) electrons. The van der Waals surface area contributed by atoms with Crippen LogP contribution in [0.1, 0.15) is 18.1 Å². The van der Waals surface area contributed by atoms with Crippen LogP contribution in [0.2, 0.25) is 0 Å². The highest BCUT2D eigenvalue weighted by atomic mass is 16.2. The van der Waals surface area contributed by atoms with E-state index < -0.39 is 5.54 Å². The molecule has 0 aliphatic rings. The summed E-state index contributed by atoms with van der Waals surface area (Å²) in [6, 6.07) is 19.2. The highest BCUT2D eigenvalue weighted by molar-refractivity contribution is 5.86. The summed E-state index contributed by atoms with van der Waals surface area (Å²) in [5.74, 6) is -0.178. The summed E-state index contributed by atoms with van der Waals surface area (Å²) in [5, 5.41) is 2.87. The monoisotopic (exact) mass is 254 g/mol. The zero-order valence-corrected chi connectivity index (χ0v) is 11.0. The Morgan fingerprint density at radius 3 is 2.16 bits per heavy atom. The van der Waals surface area contributed by atoms with Gasteiger partial charge in [-0.3, -0.25) is 4.79 Å². The SMILES string of the molecule is CC(N)(C(=O)NCc1ccccc1)c1ccccc1. The highest BCUT2D eigenvalue weighted by Gasteiger charge is 2.29. The minimum atomic E-state index is -1.02. The third-order valence-electron chi connectivity index (χ3n) is 3.14. The van der Waals surface area contributed by atoms with Crippen molar-refractivity contribution < 1.29 is 4.79 Å². The van der Waals surface area contributed by atoms with E-state index >= 15 is 0 Å². The lowest BCUT2D eigenvalue weighted by atomic mass is 9.92. The standard InChI is InChI=1S/C16H18N2O/c1-16(17,14-10-6-3-7-11-14)15(19)18-12-13-8-4-2-5-9-13/h2-11H,12,17H2,1H3,(H,18,19). The van der Waals surface area contributed by atoms with Crippen LogP contribution in [0.4, 0.5) is 0 Å². The molecule has 2 rings (SSSR count). The van der Waals surface area contributed by atoms with Crippen LogP contribution in [0, 0.1) is 0 Å². The number of carbonyl (C=O) groups is 1. The van der Waals surface area contributed by atoms with E-state index in [1.54, 1.807) is 6.92 Å². The maximum absolute atomic E-state index is 12.2. The molecule has 0 saturated heterocycles. The van der Waals surface area contributed by atoms with Gasteiger partial charge in [-0.25, -0.2) is 0 Å². The summed E-state index contributed by atoms with van der Waals surface area (Å²) in [6.45, 7) is 2.21. The summed E-state index contributed by atoms with van der Waals surface area (Å²) in [6.07, 6.45) is 0. The van der Waals surface area contributed by atoms with E-state index in [1.165, 1.54) is 0 Å². The number of rotatable bonds is 4. The third-order valence-corrected chi connectivity index (χ3v) is 3.14. The maximum atomic E-state index is 12.2. The second-order valence-electron chi connectivity index (χ2n) is 4.74. The topological polar surface area (TPSA) is 55.1 Å². The van der Waals surface area contributed by atoms with E-state index in [0.29, 0.717) is 6.54 Å². The van der Waals surface area contributed by atoms with Crippen molar-refractivity contribution in [2.45, 2.75) is 19.0 Å². The van der Waals surface area contributed by atoms with Gasteiger partial charge < -0.3 is 11.1 Å². The van der Waals surface area contributed by atoms with Crippen LogP contribution in [0.15, 0.2) is 60.7 Å². The third kappa shape index (κ3) is 3.20. The number of benzene rings is 2. The average Bonchev–Trinajstić information content (AvgIpc) is 2.46. The molecule has 0 heterocycles. The number of carbonyl (C=O) groups excluding carboxylic acids is 1. The maximum Gasteiger partial charge on any atom is 0.244 e.